The van der Waals surface area contributed by atoms with Gasteiger partial charge in [0.15, 0.2) is 0 Å². The quantitative estimate of drug-likeness (QED) is 0.616. The van der Waals surface area contributed by atoms with Crippen LogP contribution in [0.25, 0.3) is 11.0 Å². The topological polar surface area (TPSA) is 76.8 Å². The highest BCUT2D eigenvalue weighted by atomic mass is 16.1. The maximum absolute atomic E-state index is 12.3. The zero-order valence-electron chi connectivity index (χ0n) is 18.3. The van der Waals surface area contributed by atoms with Crippen LogP contribution in [0.5, 0.6) is 0 Å². The van der Waals surface area contributed by atoms with Crippen LogP contribution < -0.4 is 4.90 Å². The summed E-state index contributed by atoms with van der Waals surface area (Å²) in [5, 5.41) is 0. The number of nitrogens with zero attached hydrogens (tertiary/aromatic N) is 6. The van der Waals surface area contributed by atoms with E-state index in [1.54, 1.807) is 0 Å². The van der Waals surface area contributed by atoms with Crippen LogP contribution in [-0.2, 0) is 11.2 Å². The number of carbonyl (C=O) groups excluding carboxylic acids is 1. The first-order valence-corrected chi connectivity index (χ1v) is 10.8. The number of Topliss-reactive ketones (excluding diaryl/α,β-unsaturated/α-hetero) is 1. The molecule has 4 rings (SSSR count). The summed E-state index contributed by atoms with van der Waals surface area (Å²) >= 11 is 0. The van der Waals surface area contributed by atoms with E-state index in [9.17, 15) is 4.79 Å². The third kappa shape index (κ3) is 3.93. The molecule has 1 fully saturated rings. The largest absolute Gasteiger partial charge is 0.341 e. The predicted octanol–water partition coefficient (Wildman–Crippen LogP) is 3.98. The number of pyridine rings is 1. The Labute approximate surface area is 177 Å². The normalized spacial score (nSPS) is 16.4. The SMILES string of the molecule is CCC(=O)C1(C)CCN(c2nccc(Cc3cc4c(cn3)ncn4C(C)C)n2)CC1. The van der Waals surface area contributed by atoms with Crippen molar-refractivity contribution in [1.29, 1.82) is 0 Å². The summed E-state index contributed by atoms with van der Waals surface area (Å²) in [5.41, 5.74) is 3.71. The van der Waals surface area contributed by atoms with Gasteiger partial charge in [0.2, 0.25) is 5.95 Å². The Morgan fingerprint density at radius 3 is 2.63 bits per heavy atom. The number of fused-ring (bicyclic) bond motifs is 1. The fourth-order valence-corrected chi connectivity index (χ4v) is 4.21. The molecule has 0 aromatic carbocycles. The van der Waals surface area contributed by atoms with Crippen molar-refractivity contribution in [2.24, 2.45) is 5.41 Å². The number of piperidine rings is 1. The number of imidazole rings is 1. The summed E-state index contributed by atoms with van der Waals surface area (Å²) in [4.78, 5) is 32.8. The molecular formula is C23H30N6O. The number of hydrogen-bond acceptors (Lipinski definition) is 6. The first kappa shape index (κ1) is 20.4. The Kier molecular flexibility index (Phi) is 5.54. The van der Waals surface area contributed by atoms with Gasteiger partial charge in [-0.1, -0.05) is 13.8 Å². The van der Waals surface area contributed by atoms with Crippen molar-refractivity contribution in [3.05, 3.63) is 42.2 Å². The van der Waals surface area contributed by atoms with Gasteiger partial charge in [-0.2, -0.15) is 0 Å². The fraction of sp³-hybridized carbons (Fsp3) is 0.522. The van der Waals surface area contributed by atoms with Crippen molar-refractivity contribution in [2.45, 2.75) is 59.4 Å². The molecule has 0 amide bonds. The molecule has 7 heteroatoms. The Morgan fingerprint density at radius 2 is 1.93 bits per heavy atom. The molecule has 158 valence electrons. The van der Waals surface area contributed by atoms with E-state index in [1.165, 1.54) is 0 Å². The summed E-state index contributed by atoms with van der Waals surface area (Å²) in [5.74, 6) is 1.10. The average Bonchev–Trinajstić information content (AvgIpc) is 3.17. The van der Waals surface area contributed by atoms with Crippen molar-refractivity contribution in [3.8, 4) is 0 Å². The van der Waals surface area contributed by atoms with Crippen molar-refractivity contribution in [2.75, 3.05) is 18.0 Å². The van der Waals surface area contributed by atoms with Crippen LogP contribution in [0.4, 0.5) is 5.95 Å². The van der Waals surface area contributed by atoms with Crippen molar-refractivity contribution < 1.29 is 4.79 Å². The lowest BCUT2D eigenvalue weighted by molar-refractivity contribution is -0.128. The Morgan fingerprint density at radius 1 is 1.17 bits per heavy atom. The molecule has 1 aliphatic heterocycles. The summed E-state index contributed by atoms with van der Waals surface area (Å²) in [6.07, 6.45) is 8.48. The third-order valence-electron chi connectivity index (χ3n) is 6.28. The maximum atomic E-state index is 12.3. The molecule has 3 aromatic rings. The minimum Gasteiger partial charge on any atom is -0.341 e. The second-order valence-electron chi connectivity index (χ2n) is 8.76. The summed E-state index contributed by atoms with van der Waals surface area (Å²) < 4.78 is 2.16. The minimum absolute atomic E-state index is 0.207. The molecule has 0 spiro atoms. The van der Waals surface area contributed by atoms with E-state index in [0.717, 1.165) is 54.3 Å². The van der Waals surface area contributed by atoms with E-state index < -0.39 is 0 Å². The number of ketones is 1. The number of hydrogen-bond donors (Lipinski definition) is 0. The van der Waals surface area contributed by atoms with Crippen LogP contribution in [0.2, 0.25) is 0 Å². The van der Waals surface area contributed by atoms with Crippen LogP contribution in [0, 0.1) is 5.41 Å². The number of rotatable bonds is 6. The summed E-state index contributed by atoms with van der Waals surface area (Å²) in [6.45, 7) is 9.96. The van der Waals surface area contributed by atoms with Gasteiger partial charge in [0.05, 0.1) is 23.7 Å². The molecule has 7 nitrogen and oxygen atoms in total. The smallest absolute Gasteiger partial charge is 0.225 e. The molecular weight excluding hydrogens is 376 g/mol. The van der Waals surface area contributed by atoms with Crippen molar-refractivity contribution >= 4 is 22.8 Å². The number of carbonyl (C=O) groups is 1. The standard InChI is InChI=1S/C23H30N6O/c1-5-21(30)23(4)7-10-28(11-8-23)22-24-9-6-17(27-22)12-18-13-20-19(14-25-18)26-15-29(20)16(2)3/h6,9,13-16H,5,7-8,10-12H2,1-4H3. The van der Waals surface area contributed by atoms with Gasteiger partial charge in [-0.3, -0.25) is 9.78 Å². The van der Waals surface area contributed by atoms with Gasteiger partial charge in [0.25, 0.3) is 0 Å². The Bertz CT molecular complexity index is 1050. The molecule has 4 heterocycles. The van der Waals surface area contributed by atoms with Gasteiger partial charge in [-0.25, -0.2) is 15.0 Å². The highest BCUT2D eigenvalue weighted by Crippen LogP contribution is 2.34. The van der Waals surface area contributed by atoms with E-state index in [4.69, 9.17) is 4.98 Å². The van der Waals surface area contributed by atoms with Crippen LogP contribution >= 0.6 is 0 Å². The Balaban J connectivity index is 1.50. The predicted molar refractivity (Wildman–Crippen MR) is 118 cm³/mol. The van der Waals surface area contributed by atoms with Gasteiger partial charge in [-0.15, -0.1) is 0 Å². The minimum atomic E-state index is -0.207. The molecule has 0 bridgehead atoms. The van der Waals surface area contributed by atoms with Crippen LogP contribution in [0.15, 0.2) is 30.9 Å². The van der Waals surface area contributed by atoms with Crippen LogP contribution in [0.3, 0.4) is 0 Å². The van der Waals surface area contributed by atoms with Crippen LogP contribution in [0.1, 0.15) is 64.4 Å². The average molecular weight is 407 g/mol. The van der Waals surface area contributed by atoms with Gasteiger partial charge in [-0.05, 0) is 38.8 Å². The van der Waals surface area contributed by atoms with Crippen molar-refractivity contribution in [3.63, 3.8) is 0 Å². The molecule has 0 radical (unpaired) electrons. The lowest BCUT2D eigenvalue weighted by atomic mass is 9.76. The number of aromatic nitrogens is 5. The van der Waals surface area contributed by atoms with Crippen LogP contribution in [-0.4, -0.2) is 43.4 Å². The van der Waals surface area contributed by atoms with Gasteiger partial charge < -0.3 is 9.47 Å². The van der Waals surface area contributed by atoms with E-state index in [2.05, 4.69) is 51.3 Å². The third-order valence-corrected chi connectivity index (χ3v) is 6.28. The molecule has 0 atom stereocenters. The van der Waals surface area contributed by atoms with E-state index in [-0.39, 0.29) is 5.41 Å². The van der Waals surface area contributed by atoms with E-state index >= 15 is 0 Å². The molecule has 0 unspecified atom stereocenters. The Hall–Kier alpha value is -2.83. The molecule has 3 aromatic heterocycles. The monoisotopic (exact) mass is 406 g/mol. The van der Waals surface area contributed by atoms with Crippen molar-refractivity contribution in [1.82, 2.24) is 24.5 Å². The highest BCUT2D eigenvalue weighted by molar-refractivity contribution is 5.84. The zero-order chi connectivity index (χ0) is 21.3. The van der Waals surface area contributed by atoms with E-state index in [0.29, 0.717) is 24.7 Å². The highest BCUT2D eigenvalue weighted by Gasteiger charge is 2.36. The molecule has 0 saturated carbocycles. The van der Waals surface area contributed by atoms with Gasteiger partial charge >= 0.3 is 0 Å². The van der Waals surface area contributed by atoms with Gasteiger partial charge in [0, 0.05) is 49.3 Å². The summed E-state index contributed by atoms with van der Waals surface area (Å²) in [7, 11) is 0. The van der Waals surface area contributed by atoms with E-state index in [1.807, 2.05) is 31.7 Å². The second kappa shape index (κ2) is 8.13. The fourth-order valence-electron chi connectivity index (χ4n) is 4.21. The lowest BCUT2D eigenvalue weighted by Gasteiger charge is -2.38. The molecule has 30 heavy (non-hydrogen) atoms. The lowest BCUT2D eigenvalue weighted by Crippen LogP contribution is -2.43. The molecule has 1 saturated heterocycles. The maximum Gasteiger partial charge on any atom is 0.225 e. The zero-order valence-corrected chi connectivity index (χ0v) is 18.3. The number of anilines is 1. The second-order valence-corrected chi connectivity index (χ2v) is 8.76. The first-order valence-electron chi connectivity index (χ1n) is 10.8. The molecule has 1 aliphatic rings. The molecule has 0 N–H and O–H groups in total. The summed E-state index contributed by atoms with van der Waals surface area (Å²) in [6, 6.07) is 4.40. The molecule has 0 aliphatic carbocycles. The first-order chi connectivity index (χ1) is 14.4. The van der Waals surface area contributed by atoms with Gasteiger partial charge in [0.1, 0.15) is 11.3 Å².